The molecule has 1 saturated heterocycles. The van der Waals surface area contributed by atoms with Gasteiger partial charge in [-0.1, -0.05) is 13.0 Å². The second-order valence-electron chi connectivity index (χ2n) is 5.82. The van der Waals surface area contributed by atoms with E-state index in [0.29, 0.717) is 12.1 Å². The van der Waals surface area contributed by atoms with Gasteiger partial charge in [0.05, 0.1) is 0 Å². The van der Waals surface area contributed by atoms with Crippen LogP contribution in [0.3, 0.4) is 0 Å². The molecule has 2 aromatic rings. The van der Waals surface area contributed by atoms with Gasteiger partial charge in [-0.2, -0.15) is 0 Å². The smallest absolute Gasteiger partial charge is 0.251 e. The summed E-state index contributed by atoms with van der Waals surface area (Å²) in [4.78, 5) is 25.4. The minimum absolute atomic E-state index is 0.0346. The number of rotatable bonds is 5. The summed E-state index contributed by atoms with van der Waals surface area (Å²) in [6.45, 7) is 6.25. The molecule has 0 saturated carbocycles. The maximum absolute atomic E-state index is 12.1. The maximum atomic E-state index is 12.1. The number of pyridine rings is 2. The highest BCUT2D eigenvalue weighted by molar-refractivity contribution is 5.94. The SMILES string of the molecule is CCCNC(=O)c1ccnc(N2CCN(c3ccccn3)CC2)c1. The zero-order valence-electron chi connectivity index (χ0n) is 14.0. The Balaban J connectivity index is 1.63. The highest BCUT2D eigenvalue weighted by atomic mass is 16.1. The van der Waals surface area contributed by atoms with E-state index in [1.165, 1.54) is 0 Å². The Morgan fingerprint density at radius 1 is 1.04 bits per heavy atom. The summed E-state index contributed by atoms with van der Waals surface area (Å²) >= 11 is 0. The van der Waals surface area contributed by atoms with Gasteiger partial charge >= 0.3 is 0 Å². The van der Waals surface area contributed by atoms with Gasteiger partial charge in [-0.05, 0) is 30.7 Å². The van der Waals surface area contributed by atoms with E-state index in [1.807, 2.05) is 37.4 Å². The van der Waals surface area contributed by atoms with E-state index in [1.54, 1.807) is 12.3 Å². The molecule has 3 heterocycles. The van der Waals surface area contributed by atoms with Crippen molar-refractivity contribution in [1.82, 2.24) is 15.3 Å². The highest BCUT2D eigenvalue weighted by Gasteiger charge is 2.19. The molecule has 0 bridgehead atoms. The summed E-state index contributed by atoms with van der Waals surface area (Å²) in [7, 11) is 0. The van der Waals surface area contributed by atoms with Crippen molar-refractivity contribution in [3.8, 4) is 0 Å². The van der Waals surface area contributed by atoms with Gasteiger partial charge in [-0.15, -0.1) is 0 Å². The fourth-order valence-electron chi connectivity index (χ4n) is 2.78. The molecular weight excluding hydrogens is 302 g/mol. The quantitative estimate of drug-likeness (QED) is 0.910. The Labute approximate surface area is 142 Å². The first-order valence-electron chi connectivity index (χ1n) is 8.43. The lowest BCUT2D eigenvalue weighted by atomic mass is 10.2. The lowest BCUT2D eigenvalue weighted by Crippen LogP contribution is -2.47. The van der Waals surface area contributed by atoms with Crippen LogP contribution in [-0.4, -0.2) is 48.6 Å². The average Bonchev–Trinajstić information content (AvgIpc) is 2.67. The third-order valence-electron chi connectivity index (χ3n) is 4.12. The number of hydrogen-bond acceptors (Lipinski definition) is 5. The van der Waals surface area contributed by atoms with Crippen molar-refractivity contribution in [3.05, 3.63) is 48.3 Å². The van der Waals surface area contributed by atoms with E-state index in [9.17, 15) is 4.79 Å². The van der Waals surface area contributed by atoms with E-state index in [0.717, 1.165) is 44.2 Å². The molecule has 1 amide bonds. The van der Waals surface area contributed by atoms with E-state index in [-0.39, 0.29) is 5.91 Å². The Morgan fingerprint density at radius 3 is 2.42 bits per heavy atom. The summed E-state index contributed by atoms with van der Waals surface area (Å²) in [5.74, 6) is 1.84. The Hall–Kier alpha value is -2.63. The van der Waals surface area contributed by atoms with Crippen molar-refractivity contribution >= 4 is 17.5 Å². The van der Waals surface area contributed by atoms with E-state index >= 15 is 0 Å². The lowest BCUT2D eigenvalue weighted by Gasteiger charge is -2.36. The molecule has 6 nitrogen and oxygen atoms in total. The summed E-state index contributed by atoms with van der Waals surface area (Å²) in [6, 6.07) is 9.61. The maximum Gasteiger partial charge on any atom is 0.251 e. The third kappa shape index (κ3) is 3.82. The molecule has 0 atom stereocenters. The molecule has 1 fully saturated rings. The molecule has 0 aliphatic carbocycles. The van der Waals surface area contributed by atoms with Crippen molar-refractivity contribution in [2.45, 2.75) is 13.3 Å². The first kappa shape index (κ1) is 16.2. The number of nitrogens with zero attached hydrogens (tertiary/aromatic N) is 4. The van der Waals surface area contributed by atoms with Crippen LogP contribution in [0.5, 0.6) is 0 Å². The zero-order chi connectivity index (χ0) is 16.8. The second-order valence-corrected chi connectivity index (χ2v) is 5.82. The number of carbonyl (C=O) groups excluding carboxylic acids is 1. The van der Waals surface area contributed by atoms with Crippen LogP contribution >= 0.6 is 0 Å². The first-order chi connectivity index (χ1) is 11.8. The second kappa shape index (κ2) is 7.77. The molecule has 0 radical (unpaired) electrons. The van der Waals surface area contributed by atoms with Gasteiger partial charge in [0.25, 0.3) is 5.91 Å². The number of carbonyl (C=O) groups is 1. The molecule has 0 unspecified atom stereocenters. The number of hydrogen-bond donors (Lipinski definition) is 1. The molecule has 1 N–H and O–H groups in total. The van der Waals surface area contributed by atoms with Crippen molar-refractivity contribution in [2.75, 3.05) is 42.5 Å². The molecule has 6 heteroatoms. The Bertz CT molecular complexity index is 668. The van der Waals surface area contributed by atoms with Gasteiger partial charge in [0.1, 0.15) is 11.6 Å². The fourth-order valence-corrected chi connectivity index (χ4v) is 2.78. The monoisotopic (exact) mass is 325 g/mol. The lowest BCUT2D eigenvalue weighted by molar-refractivity contribution is 0.0953. The molecule has 24 heavy (non-hydrogen) atoms. The fraction of sp³-hybridized carbons (Fsp3) is 0.389. The average molecular weight is 325 g/mol. The minimum atomic E-state index is -0.0346. The van der Waals surface area contributed by atoms with Crippen LogP contribution in [0, 0.1) is 0 Å². The van der Waals surface area contributed by atoms with Crippen molar-refractivity contribution in [1.29, 1.82) is 0 Å². The van der Waals surface area contributed by atoms with Crippen LogP contribution in [0.15, 0.2) is 42.7 Å². The van der Waals surface area contributed by atoms with Crippen molar-refractivity contribution in [2.24, 2.45) is 0 Å². The molecule has 126 valence electrons. The van der Waals surface area contributed by atoms with Gasteiger partial charge in [0.15, 0.2) is 0 Å². The van der Waals surface area contributed by atoms with Gasteiger partial charge < -0.3 is 15.1 Å². The van der Waals surface area contributed by atoms with Gasteiger partial charge in [-0.3, -0.25) is 4.79 Å². The van der Waals surface area contributed by atoms with Crippen LogP contribution in [0.1, 0.15) is 23.7 Å². The van der Waals surface area contributed by atoms with E-state index in [4.69, 9.17) is 0 Å². The number of aromatic nitrogens is 2. The topological polar surface area (TPSA) is 61.4 Å². The summed E-state index contributed by atoms with van der Waals surface area (Å²) in [5.41, 5.74) is 0.667. The van der Waals surface area contributed by atoms with Crippen molar-refractivity contribution in [3.63, 3.8) is 0 Å². The number of amides is 1. The zero-order valence-corrected chi connectivity index (χ0v) is 14.0. The minimum Gasteiger partial charge on any atom is -0.353 e. The predicted molar refractivity (Wildman–Crippen MR) is 95.5 cm³/mol. The van der Waals surface area contributed by atoms with E-state index < -0.39 is 0 Å². The van der Waals surface area contributed by atoms with Gasteiger partial charge in [-0.25, -0.2) is 9.97 Å². The summed E-state index contributed by atoms with van der Waals surface area (Å²) in [6.07, 6.45) is 4.46. The normalized spacial score (nSPS) is 14.5. The predicted octanol–water partition coefficient (Wildman–Crippen LogP) is 1.94. The van der Waals surface area contributed by atoms with Gasteiger partial charge in [0.2, 0.25) is 0 Å². The number of anilines is 2. The van der Waals surface area contributed by atoms with Crippen LogP contribution in [0.25, 0.3) is 0 Å². The molecular formula is C18H23N5O. The number of nitrogens with one attached hydrogen (secondary N) is 1. The molecule has 1 aliphatic heterocycles. The Kier molecular flexibility index (Phi) is 5.25. The van der Waals surface area contributed by atoms with Crippen LogP contribution < -0.4 is 15.1 Å². The highest BCUT2D eigenvalue weighted by Crippen LogP contribution is 2.18. The molecule has 3 rings (SSSR count). The molecule has 2 aromatic heterocycles. The van der Waals surface area contributed by atoms with Crippen LogP contribution in [0.4, 0.5) is 11.6 Å². The largest absolute Gasteiger partial charge is 0.353 e. The molecule has 0 spiro atoms. The van der Waals surface area contributed by atoms with Crippen LogP contribution in [-0.2, 0) is 0 Å². The van der Waals surface area contributed by atoms with Crippen LogP contribution in [0.2, 0.25) is 0 Å². The third-order valence-corrected chi connectivity index (χ3v) is 4.12. The van der Waals surface area contributed by atoms with Crippen molar-refractivity contribution < 1.29 is 4.79 Å². The summed E-state index contributed by atoms with van der Waals surface area (Å²) < 4.78 is 0. The standard InChI is InChI=1S/C18H23N5O/c1-2-7-21-18(24)15-6-9-20-17(14-15)23-12-10-22(11-13-23)16-5-3-4-8-19-16/h3-6,8-9,14H,2,7,10-13H2,1H3,(H,21,24). The Morgan fingerprint density at radius 2 is 1.75 bits per heavy atom. The number of piperazine rings is 1. The molecule has 0 aromatic carbocycles. The van der Waals surface area contributed by atoms with Gasteiger partial charge in [0, 0.05) is 50.7 Å². The first-order valence-corrected chi connectivity index (χ1v) is 8.43. The summed E-state index contributed by atoms with van der Waals surface area (Å²) in [5, 5.41) is 2.91. The van der Waals surface area contributed by atoms with E-state index in [2.05, 4.69) is 25.1 Å². The molecule has 1 aliphatic rings.